The first-order chi connectivity index (χ1) is 9.61. The number of nitrogens with one attached hydrogen (secondary N) is 1. The summed E-state index contributed by atoms with van der Waals surface area (Å²) in [4.78, 5) is 12.3. The number of halogens is 1. The van der Waals surface area contributed by atoms with Crippen molar-refractivity contribution in [2.45, 2.75) is 12.8 Å². The van der Waals surface area contributed by atoms with E-state index in [9.17, 15) is 10.1 Å². The van der Waals surface area contributed by atoms with Gasteiger partial charge in [0.25, 0.3) is 0 Å². The van der Waals surface area contributed by atoms with Gasteiger partial charge in [0.1, 0.15) is 5.41 Å². The van der Waals surface area contributed by atoms with Crippen LogP contribution < -0.4 is 5.32 Å². The van der Waals surface area contributed by atoms with Gasteiger partial charge in [-0.05, 0) is 31.0 Å². The molecule has 102 valence electrons. The highest BCUT2D eigenvalue weighted by Crippen LogP contribution is 2.32. The standard InChI is InChI=1S/C14H12ClN3O2/c15-11-7-10(8-16)1-2-12(11)18-13(19)14(9-17)3-5-20-6-4-14/h1-2,7H,3-6H2,(H,18,19). The number of ether oxygens (including phenoxy) is 1. The van der Waals surface area contributed by atoms with Crippen molar-refractivity contribution >= 4 is 23.2 Å². The number of amides is 1. The lowest BCUT2D eigenvalue weighted by Gasteiger charge is -2.29. The first kappa shape index (κ1) is 14.3. The summed E-state index contributed by atoms with van der Waals surface area (Å²) in [6.07, 6.45) is 0.729. The van der Waals surface area contributed by atoms with Gasteiger partial charge in [0.05, 0.1) is 28.4 Å². The summed E-state index contributed by atoms with van der Waals surface area (Å²) in [5, 5.41) is 21.0. The number of nitriles is 2. The number of carbonyl (C=O) groups excluding carboxylic acids is 1. The molecule has 1 aliphatic rings. The molecule has 1 aromatic carbocycles. The van der Waals surface area contributed by atoms with Gasteiger partial charge in [-0.15, -0.1) is 0 Å². The van der Waals surface area contributed by atoms with E-state index >= 15 is 0 Å². The minimum Gasteiger partial charge on any atom is -0.381 e. The molecule has 0 aromatic heterocycles. The zero-order chi connectivity index (χ0) is 14.6. The van der Waals surface area contributed by atoms with Crippen LogP contribution in [0, 0.1) is 28.1 Å². The zero-order valence-corrected chi connectivity index (χ0v) is 11.4. The highest BCUT2D eigenvalue weighted by Gasteiger charge is 2.40. The van der Waals surface area contributed by atoms with E-state index in [1.54, 1.807) is 12.1 Å². The molecular weight excluding hydrogens is 278 g/mol. The Kier molecular flexibility index (Phi) is 4.24. The summed E-state index contributed by atoms with van der Waals surface area (Å²) in [6, 6.07) is 8.65. The molecule has 1 saturated heterocycles. The monoisotopic (exact) mass is 289 g/mol. The van der Waals surface area contributed by atoms with Crippen LogP contribution in [-0.2, 0) is 9.53 Å². The summed E-state index contributed by atoms with van der Waals surface area (Å²) >= 11 is 6.01. The molecule has 1 fully saturated rings. The lowest BCUT2D eigenvalue weighted by molar-refractivity contribution is -0.126. The van der Waals surface area contributed by atoms with Crippen molar-refractivity contribution < 1.29 is 9.53 Å². The molecule has 0 saturated carbocycles. The van der Waals surface area contributed by atoms with E-state index in [1.807, 2.05) is 6.07 Å². The largest absolute Gasteiger partial charge is 0.381 e. The lowest BCUT2D eigenvalue weighted by Crippen LogP contribution is -2.40. The Bertz CT molecular complexity index is 610. The molecule has 1 heterocycles. The second kappa shape index (κ2) is 5.92. The third-order valence-corrected chi connectivity index (χ3v) is 3.65. The quantitative estimate of drug-likeness (QED) is 0.906. The number of benzene rings is 1. The molecule has 1 N–H and O–H groups in total. The molecular formula is C14H12ClN3O2. The van der Waals surface area contributed by atoms with Gasteiger partial charge in [-0.3, -0.25) is 4.79 Å². The van der Waals surface area contributed by atoms with Crippen molar-refractivity contribution in [1.29, 1.82) is 10.5 Å². The highest BCUT2D eigenvalue weighted by atomic mass is 35.5. The Morgan fingerprint density at radius 1 is 1.35 bits per heavy atom. The molecule has 0 spiro atoms. The predicted molar refractivity (Wildman–Crippen MR) is 72.9 cm³/mol. The fourth-order valence-electron chi connectivity index (χ4n) is 2.04. The van der Waals surface area contributed by atoms with Crippen LogP contribution in [0.25, 0.3) is 0 Å². The number of nitrogens with zero attached hydrogens (tertiary/aromatic N) is 2. The molecule has 20 heavy (non-hydrogen) atoms. The maximum atomic E-state index is 12.3. The summed E-state index contributed by atoms with van der Waals surface area (Å²) in [5.41, 5.74) is -0.263. The first-order valence-electron chi connectivity index (χ1n) is 6.11. The molecule has 6 heteroatoms. The van der Waals surface area contributed by atoms with E-state index in [4.69, 9.17) is 21.6 Å². The van der Waals surface area contributed by atoms with Crippen molar-refractivity contribution in [2.75, 3.05) is 18.5 Å². The van der Waals surface area contributed by atoms with E-state index in [2.05, 4.69) is 11.4 Å². The van der Waals surface area contributed by atoms with Crippen molar-refractivity contribution in [1.82, 2.24) is 0 Å². The minimum atomic E-state index is -1.07. The van der Waals surface area contributed by atoms with Crippen molar-refractivity contribution in [3.63, 3.8) is 0 Å². The number of carbonyl (C=O) groups is 1. The Hall–Kier alpha value is -2.08. The third-order valence-electron chi connectivity index (χ3n) is 3.34. The average Bonchev–Trinajstić information content (AvgIpc) is 2.49. The fourth-order valence-corrected chi connectivity index (χ4v) is 2.27. The van der Waals surface area contributed by atoms with Crippen LogP contribution in [0.3, 0.4) is 0 Å². The van der Waals surface area contributed by atoms with Crippen LogP contribution in [0.5, 0.6) is 0 Å². The van der Waals surface area contributed by atoms with Crippen LogP contribution in [0.15, 0.2) is 18.2 Å². The van der Waals surface area contributed by atoms with Gasteiger partial charge in [0, 0.05) is 13.2 Å². The molecule has 0 radical (unpaired) electrons. The number of hydrogen-bond donors (Lipinski definition) is 1. The first-order valence-corrected chi connectivity index (χ1v) is 6.49. The van der Waals surface area contributed by atoms with Gasteiger partial charge in [0.15, 0.2) is 0 Å². The Balaban J connectivity index is 2.19. The maximum absolute atomic E-state index is 12.3. The van der Waals surface area contributed by atoms with E-state index in [-0.39, 0.29) is 10.9 Å². The third kappa shape index (κ3) is 2.75. The Morgan fingerprint density at radius 2 is 2.05 bits per heavy atom. The summed E-state index contributed by atoms with van der Waals surface area (Å²) in [6.45, 7) is 0.782. The van der Waals surface area contributed by atoms with Crippen LogP contribution in [0.1, 0.15) is 18.4 Å². The molecule has 1 aromatic rings. The van der Waals surface area contributed by atoms with Crippen molar-refractivity contribution in [3.8, 4) is 12.1 Å². The van der Waals surface area contributed by atoms with Gasteiger partial charge >= 0.3 is 0 Å². The SMILES string of the molecule is N#Cc1ccc(NC(=O)C2(C#N)CCOCC2)c(Cl)c1. The summed E-state index contributed by atoms with van der Waals surface area (Å²) < 4.78 is 5.19. The number of anilines is 1. The molecule has 5 nitrogen and oxygen atoms in total. The fraction of sp³-hybridized carbons (Fsp3) is 0.357. The van der Waals surface area contributed by atoms with Crippen LogP contribution in [-0.4, -0.2) is 19.1 Å². The van der Waals surface area contributed by atoms with Crippen molar-refractivity contribution in [3.05, 3.63) is 28.8 Å². The van der Waals surface area contributed by atoms with E-state index in [0.717, 1.165) is 0 Å². The highest BCUT2D eigenvalue weighted by molar-refractivity contribution is 6.33. The van der Waals surface area contributed by atoms with E-state index in [0.29, 0.717) is 37.3 Å². The van der Waals surface area contributed by atoms with Crippen LogP contribution in [0.4, 0.5) is 5.69 Å². The molecule has 1 amide bonds. The van der Waals surface area contributed by atoms with Gasteiger partial charge in [-0.2, -0.15) is 10.5 Å². The van der Waals surface area contributed by atoms with Gasteiger partial charge < -0.3 is 10.1 Å². The normalized spacial score (nSPS) is 16.8. The molecule has 0 atom stereocenters. The Labute approximate surface area is 121 Å². The van der Waals surface area contributed by atoms with Gasteiger partial charge in [-0.1, -0.05) is 11.6 Å². The van der Waals surface area contributed by atoms with Gasteiger partial charge in [0.2, 0.25) is 5.91 Å². The maximum Gasteiger partial charge on any atom is 0.245 e. The summed E-state index contributed by atoms with van der Waals surface area (Å²) in [5.74, 6) is -0.380. The lowest BCUT2D eigenvalue weighted by atomic mass is 9.81. The Morgan fingerprint density at radius 3 is 2.60 bits per heavy atom. The van der Waals surface area contributed by atoms with Gasteiger partial charge in [-0.25, -0.2) is 0 Å². The van der Waals surface area contributed by atoms with E-state index < -0.39 is 5.41 Å². The zero-order valence-electron chi connectivity index (χ0n) is 10.6. The smallest absolute Gasteiger partial charge is 0.245 e. The van der Waals surface area contributed by atoms with Crippen molar-refractivity contribution in [2.24, 2.45) is 5.41 Å². The van der Waals surface area contributed by atoms with Crippen LogP contribution >= 0.6 is 11.6 Å². The van der Waals surface area contributed by atoms with Crippen LogP contribution in [0.2, 0.25) is 5.02 Å². The topological polar surface area (TPSA) is 85.9 Å². The minimum absolute atomic E-state index is 0.276. The molecule has 1 aliphatic heterocycles. The number of rotatable bonds is 2. The predicted octanol–water partition coefficient (Wildman–Crippen LogP) is 2.47. The second-order valence-corrected chi connectivity index (χ2v) is 4.97. The van der Waals surface area contributed by atoms with E-state index in [1.165, 1.54) is 6.07 Å². The molecule has 0 unspecified atom stereocenters. The molecule has 2 rings (SSSR count). The second-order valence-electron chi connectivity index (χ2n) is 4.57. The molecule has 0 bridgehead atoms. The molecule has 0 aliphatic carbocycles. The number of hydrogen-bond acceptors (Lipinski definition) is 4. The average molecular weight is 290 g/mol. The summed E-state index contributed by atoms with van der Waals surface area (Å²) in [7, 11) is 0.